The molecule has 0 bridgehead atoms. The van der Waals surface area contributed by atoms with E-state index in [4.69, 9.17) is 5.73 Å². The van der Waals surface area contributed by atoms with Gasteiger partial charge in [0, 0.05) is 43.6 Å². The van der Waals surface area contributed by atoms with Crippen LogP contribution in [0, 0.1) is 18.7 Å². The first kappa shape index (κ1) is 21.3. The molecule has 1 saturated carbocycles. The van der Waals surface area contributed by atoms with E-state index in [9.17, 15) is 9.18 Å². The van der Waals surface area contributed by atoms with E-state index in [-0.39, 0.29) is 23.7 Å². The molecule has 1 amide bonds. The van der Waals surface area contributed by atoms with Gasteiger partial charge in [0.1, 0.15) is 0 Å². The lowest BCUT2D eigenvalue weighted by atomic mass is 10.0. The molecule has 2 aromatic rings. The number of carbonyl (C=O) groups excluding carboxylic acids is 1. The van der Waals surface area contributed by atoms with Crippen LogP contribution in [0.25, 0.3) is 0 Å². The van der Waals surface area contributed by atoms with E-state index in [2.05, 4.69) is 50.4 Å². The van der Waals surface area contributed by atoms with Crippen molar-refractivity contribution in [2.75, 3.05) is 48.8 Å². The number of hydrogen-bond donors (Lipinski definition) is 3. The van der Waals surface area contributed by atoms with Gasteiger partial charge in [-0.25, -0.2) is 9.37 Å². The van der Waals surface area contributed by atoms with E-state index in [1.165, 1.54) is 5.69 Å². The van der Waals surface area contributed by atoms with Crippen LogP contribution in [-0.2, 0) is 4.79 Å². The summed E-state index contributed by atoms with van der Waals surface area (Å²) in [5.74, 6) is -0.845. The highest BCUT2D eigenvalue weighted by atomic mass is 19.1. The zero-order valence-electron chi connectivity index (χ0n) is 18.1. The maximum atomic E-state index is 14.3. The van der Waals surface area contributed by atoms with Crippen LogP contribution in [0.1, 0.15) is 24.8 Å². The zero-order valence-corrected chi connectivity index (χ0v) is 18.1. The van der Waals surface area contributed by atoms with Gasteiger partial charge < -0.3 is 26.2 Å². The standard InChI is InChI=1S/C22H30FN7O/c1-14-12-15(6-7-19(14)30-10-8-29(2)9-11-30)26-22-25-13-17(23)21(28-22)27-18-5-3-4-16(18)20(24)31/h6-7,12-13,16,18H,3-5,8-11H2,1-2H3,(H2,24,31)(H2,25,26,27,28)/t16-,18-/m1/s1. The lowest BCUT2D eigenvalue weighted by Gasteiger charge is -2.35. The van der Waals surface area contributed by atoms with Crippen molar-refractivity contribution < 1.29 is 9.18 Å². The van der Waals surface area contributed by atoms with Gasteiger partial charge in [-0.3, -0.25) is 4.79 Å². The number of nitrogens with zero attached hydrogens (tertiary/aromatic N) is 4. The summed E-state index contributed by atoms with van der Waals surface area (Å²) >= 11 is 0. The molecule has 2 heterocycles. The molecule has 1 aliphatic heterocycles. The van der Waals surface area contributed by atoms with E-state index in [1.807, 2.05) is 12.1 Å². The molecule has 31 heavy (non-hydrogen) atoms. The average molecular weight is 428 g/mol. The first-order chi connectivity index (χ1) is 14.9. The molecule has 4 N–H and O–H groups in total. The number of aromatic nitrogens is 2. The minimum Gasteiger partial charge on any atom is -0.369 e. The highest BCUT2D eigenvalue weighted by Crippen LogP contribution is 2.30. The summed E-state index contributed by atoms with van der Waals surface area (Å²) in [6.45, 7) is 6.20. The number of amides is 1. The summed E-state index contributed by atoms with van der Waals surface area (Å²) in [5.41, 5.74) is 8.69. The van der Waals surface area contributed by atoms with Crippen LogP contribution in [0.2, 0.25) is 0 Å². The average Bonchev–Trinajstić information content (AvgIpc) is 3.20. The number of rotatable bonds is 6. The van der Waals surface area contributed by atoms with Crippen molar-refractivity contribution in [2.24, 2.45) is 11.7 Å². The Morgan fingerprint density at radius 1 is 1.23 bits per heavy atom. The van der Waals surface area contributed by atoms with Gasteiger partial charge in [-0.15, -0.1) is 0 Å². The van der Waals surface area contributed by atoms with Crippen LogP contribution >= 0.6 is 0 Å². The van der Waals surface area contributed by atoms with E-state index >= 15 is 0 Å². The lowest BCUT2D eigenvalue weighted by molar-refractivity contribution is -0.121. The summed E-state index contributed by atoms with van der Waals surface area (Å²) in [6, 6.07) is 5.93. The Morgan fingerprint density at radius 3 is 2.71 bits per heavy atom. The van der Waals surface area contributed by atoms with Crippen LogP contribution in [0.5, 0.6) is 0 Å². The summed E-state index contributed by atoms with van der Waals surface area (Å²) in [7, 11) is 2.14. The number of halogens is 1. The summed E-state index contributed by atoms with van der Waals surface area (Å²) in [4.78, 5) is 24.7. The molecule has 1 aliphatic carbocycles. The number of likely N-dealkylation sites (N-methyl/N-ethyl adjacent to an activating group) is 1. The van der Waals surface area contributed by atoms with Crippen LogP contribution in [-0.4, -0.2) is 60.0 Å². The second-order valence-corrected chi connectivity index (χ2v) is 8.50. The molecule has 166 valence electrons. The van der Waals surface area contributed by atoms with Gasteiger partial charge in [-0.1, -0.05) is 6.42 Å². The summed E-state index contributed by atoms with van der Waals surface area (Å²) in [5, 5.41) is 6.22. The van der Waals surface area contributed by atoms with E-state index in [0.717, 1.165) is 56.5 Å². The molecule has 0 radical (unpaired) electrons. The van der Waals surface area contributed by atoms with Crippen molar-refractivity contribution in [1.29, 1.82) is 0 Å². The van der Waals surface area contributed by atoms with Gasteiger partial charge in [0.15, 0.2) is 11.6 Å². The summed E-state index contributed by atoms with van der Waals surface area (Å²) in [6.07, 6.45) is 3.48. The second-order valence-electron chi connectivity index (χ2n) is 8.50. The monoisotopic (exact) mass is 427 g/mol. The van der Waals surface area contributed by atoms with Gasteiger partial charge in [0.25, 0.3) is 0 Å². The van der Waals surface area contributed by atoms with E-state index < -0.39 is 5.82 Å². The third-order valence-corrected chi connectivity index (χ3v) is 6.24. The number of aryl methyl sites for hydroxylation is 1. The fraction of sp³-hybridized carbons (Fsp3) is 0.500. The van der Waals surface area contributed by atoms with Crippen molar-refractivity contribution in [1.82, 2.24) is 14.9 Å². The van der Waals surface area contributed by atoms with Crippen molar-refractivity contribution in [3.8, 4) is 0 Å². The Bertz CT molecular complexity index is 945. The first-order valence-electron chi connectivity index (χ1n) is 10.8. The molecule has 4 rings (SSSR count). The van der Waals surface area contributed by atoms with E-state index in [1.54, 1.807) is 0 Å². The Hall–Kier alpha value is -2.94. The first-order valence-corrected chi connectivity index (χ1v) is 10.8. The molecule has 1 saturated heterocycles. The number of piperazine rings is 1. The van der Waals surface area contributed by atoms with Crippen LogP contribution in [0.15, 0.2) is 24.4 Å². The quantitative estimate of drug-likeness (QED) is 0.651. The molecular formula is C22H30FN7O. The van der Waals surface area contributed by atoms with Crippen LogP contribution < -0.4 is 21.3 Å². The van der Waals surface area contributed by atoms with Crippen molar-refractivity contribution in [3.05, 3.63) is 35.8 Å². The number of primary amides is 1. The molecular weight excluding hydrogens is 397 g/mol. The maximum absolute atomic E-state index is 14.3. The number of carbonyl (C=O) groups is 1. The SMILES string of the molecule is Cc1cc(Nc2ncc(F)c(N[C@@H]3CCC[C@H]3C(N)=O)n2)ccc1N1CCN(C)CC1. The molecule has 9 heteroatoms. The third kappa shape index (κ3) is 4.87. The lowest BCUT2D eigenvalue weighted by Crippen LogP contribution is -2.44. The van der Waals surface area contributed by atoms with Gasteiger partial charge in [0.2, 0.25) is 11.9 Å². The Morgan fingerprint density at radius 2 is 2.00 bits per heavy atom. The van der Waals surface area contributed by atoms with Crippen molar-refractivity contribution in [2.45, 2.75) is 32.2 Å². The van der Waals surface area contributed by atoms with E-state index in [0.29, 0.717) is 12.4 Å². The normalized spacial score (nSPS) is 21.8. The molecule has 8 nitrogen and oxygen atoms in total. The minimum absolute atomic E-state index is 0.0847. The van der Waals surface area contributed by atoms with Crippen LogP contribution in [0.4, 0.5) is 27.5 Å². The highest BCUT2D eigenvalue weighted by Gasteiger charge is 2.32. The predicted octanol–water partition coefficient (Wildman–Crippen LogP) is 2.49. The number of nitrogens with one attached hydrogen (secondary N) is 2. The van der Waals surface area contributed by atoms with Crippen LogP contribution in [0.3, 0.4) is 0 Å². The topological polar surface area (TPSA) is 99.4 Å². The Balaban J connectivity index is 1.46. The Kier molecular flexibility index (Phi) is 6.22. The predicted molar refractivity (Wildman–Crippen MR) is 120 cm³/mol. The molecule has 2 fully saturated rings. The number of anilines is 4. The largest absolute Gasteiger partial charge is 0.369 e. The maximum Gasteiger partial charge on any atom is 0.229 e. The van der Waals surface area contributed by atoms with Crippen molar-refractivity contribution in [3.63, 3.8) is 0 Å². The van der Waals surface area contributed by atoms with Gasteiger partial charge >= 0.3 is 0 Å². The molecule has 1 aromatic carbocycles. The second kappa shape index (κ2) is 9.05. The van der Waals surface area contributed by atoms with Gasteiger partial charge in [0.05, 0.1) is 12.1 Å². The molecule has 2 atom stereocenters. The fourth-order valence-corrected chi connectivity index (χ4v) is 4.44. The number of nitrogens with two attached hydrogens (primary N) is 1. The number of benzene rings is 1. The van der Waals surface area contributed by atoms with Crippen molar-refractivity contribution >= 4 is 29.0 Å². The highest BCUT2D eigenvalue weighted by molar-refractivity contribution is 5.78. The fourth-order valence-electron chi connectivity index (χ4n) is 4.44. The number of hydrogen-bond acceptors (Lipinski definition) is 7. The molecule has 1 aromatic heterocycles. The molecule has 0 unspecified atom stereocenters. The smallest absolute Gasteiger partial charge is 0.229 e. The van der Waals surface area contributed by atoms with Gasteiger partial charge in [-0.05, 0) is 50.6 Å². The zero-order chi connectivity index (χ0) is 22.0. The molecule has 2 aliphatic rings. The van der Waals surface area contributed by atoms with Gasteiger partial charge in [-0.2, -0.15) is 4.98 Å². The molecule has 0 spiro atoms. The summed E-state index contributed by atoms with van der Waals surface area (Å²) < 4.78 is 14.3. The third-order valence-electron chi connectivity index (χ3n) is 6.24. The Labute approximate surface area is 182 Å². The minimum atomic E-state index is -0.553.